The molecule has 0 bridgehead atoms. The van der Waals surface area contributed by atoms with Gasteiger partial charge in [-0.25, -0.2) is 8.42 Å². The standard InChI is InChI=1S/C27H33N3O4S/c1-19(2)16-26(30-35(32,33)25-13-7-20(3)8-14-25)27(31)29-21(4)23-9-11-24(12-10-23)34-18-22-6-5-15-28-17-22/h5-15,17,19,21,26,30H,16,18H2,1-4H3,(H,29,31). The van der Waals surface area contributed by atoms with Crippen LogP contribution in [-0.4, -0.2) is 25.4 Å². The van der Waals surface area contributed by atoms with Gasteiger partial charge < -0.3 is 10.1 Å². The highest BCUT2D eigenvalue weighted by molar-refractivity contribution is 7.89. The second-order valence-electron chi connectivity index (χ2n) is 9.07. The Bertz CT molecular complexity index is 1200. The van der Waals surface area contributed by atoms with Crippen LogP contribution in [0.25, 0.3) is 0 Å². The van der Waals surface area contributed by atoms with E-state index in [1.54, 1.807) is 36.7 Å². The van der Waals surface area contributed by atoms with Crippen molar-refractivity contribution in [1.29, 1.82) is 0 Å². The number of benzene rings is 2. The Kier molecular flexibility index (Phi) is 9.01. The maximum absolute atomic E-state index is 13.1. The Hall–Kier alpha value is -3.23. The molecule has 8 heteroatoms. The molecule has 186 valence electrons. The van der Waals surface area contributed by atoms with Crippen molar-refractivity contribution in [2.75, 3.05) is 0 Å². The van der Waals surface area contributed by atoms with E-state index in [1.165, 1.54) is 0 Å². The number of aromatic nitrogens is 1. The molecule has 35 heavy (non-hydrogen) atoms. The lowest BCUT2D eigenvalue weighted by atomic mass is 10.0. The Morgan fingerprint density at radius 1 is 1.00 bits per heavy atom. The number of ether oxygens (including phenoxy) is 1. The van der Waals surface area contributed by atoms with Crippen molar-refractivity contribution in [1.82, 2.24) is 15.0 Å². The fourth-order valence-corrected chi connectivity index (χ4v) is 4.76. The summed E-state index contributed by atoms with van der Waals surface area (Å²) in [5, 5.41) is 2.95. The minimum absolute atomic E-state index is 0.123. The van der Waals surface area contributed by atoms with E-state index in [2.05, 4.69) is 15.0 Å². The second kappa shape index (κ2) is 12.0. The number of amides is 1. The second-order valence-corrected chi connectivity index (χ2v) is 10.8. The number of sulfonamides is 1. The van der Waals surface area contributed by atoms with Gasteiger partial charge in [0.25, 0.3) is 0 Å². The van der Waals surface area contributed by atoms with Gasteiger partial charge in [0.1, 0.15) is 18.4 Å². The number of nitrogens with one attached hydrogen (secondary N) is 2. The first-order valence-corrected chi connectivity index (χ1v) is 13.1. The molecule has 3 aromatic rings. The molecule has 1 aromatic heterocycles. The number of pyridine rings is 1. The molecule has 0 saturated heterocycles. The Morgan fingerprint density at radius 3 is 2.29 bits per heavy atom. The number of hydrogen-bond acceptors (Lipinski definition) is 5. The third-order valence-corrected chi connectivity index (χ3v) is 7.01. The van der Waals surface area contributed by atoms with Crippen LogP contribution in [0, 0.1) is 12.8 Å². The van der Waals surface area contributed by atoms with Crippen molar-refractivity contribution >= 4 is 15.9 Å². The van der Waals surface area contributed by atoms with Gasteiger partial charge in [-0.1, -0.05) is 49.7 Å². The molecular formula is C27H33N3O4S. The van der Waals surface area contributed by atoms with Crippen LogP contribution in [-0.2, 0) is 21.4 Å². The number of rotatable bonds is 11. The van der Waals surface area contributed by atoms with Crippen LogP contribution >= 0.6 is 0 Å². The first kappa shape index (κ1) is 26.4. The molecule has 2 N–H and O–H groups in total. The van der Waals surface area contributed by atoms with Crippen LogP contribution in [0.4, 0.5) is 0 Å². The van der Waals surface area contributed by atoms with Gasteiger partial charge in [0.05, 0.1) is 10.9 Å². The smallest absolute Gasteiger partial charge is 0.241 e. The van der Waals surface area contributed by atoms with Crippen LogP contribution in [0.15, 0.2) is 78.0 Å². The summed E-state index contributed by atoms with van der Waals surface area (Å²) in [6.45, 7) is 8.07. The number of hydrogen-bond donors (Lipinski definition) is 2. The van der Waals surface area contributed by atoms with Crippen LogP contribution in [0.3, 0.4) is 0 Å². The van der Waals surface area contributed by atoms with Crippen molar-refractivity contribution in [2.45, 2.75) is 57.7 Å². The fraction of sp³-hybridized carbons (Fsp3) is 0.333. The molecule has 0 aliphatic rings. The molecule has 3 rings (SSSR count). The predicted octanol–water partition coefficient (Wildman–Crippen LogP) is 4.54. The highest BCUT2D eigenvalue weighted by Gasteiger charge is 2.27. The molecule has 7 nitrogen and oxygen atoms in total. The average Bonchev–Trinajstić information content (AvgIpc) is 2.83. The number of carbonyl (C=O) groups is 1. The van der Waals surface area contributed by atoms with Crippen LogP contribution in [0.5, 0.6) is 5.75 Å². The summed E-state index contributed by atoms with van der Waals surface area (Å²) >= 11 is 0. The van der Waals surface area contributed by atoms with Gasteiger partial charge in [-0.15, -0.1) is 0 Å². The molecule has 0 aliphatic carbocycles. The summed E-state index contributed by atoms with van der Waals surface area (Å²) < 4.78 is 34.2. The van der Waals surface area contributed by atoms with E-state index in [9.17, 15) is 13.2 Å². The first-order valence-electron chi connectivity index (χ1n) is 11.6. The number of aryl methyl sites for hydroxylation is 1. The van der Waals surface area contributed by atoms with Gasteiger partial charge in [-0.05, 0) is 62.1 Å². The van der Waals surface area contributed by atoms with Crippen molar-refractivity contribution in [3.05, 3.63) is 89.7 Å². The first-order chi connectivity index (χ1) is 16.6. The van der Waals surface area contributed by atoms with E-state index in [1.807, 2.05) is 64.1 Å². The lowest BCUT2D eigenvalue weighted by Crippen LogP contribution is -2.47. The van der Waals surface area contributed by atoms with Gasteiger partial charge in [0, 0.05) is 18.0 Å². The molecule has 0 saturated carbocycles. The van der Waals surface area contributed by atoms with Gasteiger partial charge >= 0.3 is 0 Å². The van der Waals surface area contributed by atoms with E-state index in [-0.39, 0.29) is 22.8 Å². The maximum Gasteiger partial charge on any atom is 0.241 e. The van der Waals surface area contributed by atoms with Gasteiger partial charge in [-0.2, -0.15) is 4.72 Å². The average molecular weight is 496 g/mol. The van der Waals surface area contributed by atoms with Crippen molar-refractivity contribution < 1.29 is 17.9 Å². The fourth-order valence-electron chi connectivity index (χ4n) is 3.55. The monoisotopic (exact) mass is 495 g/mol. The Morgan fingerprint density at radius 2 is 1.69 bits per heavy atom. The van der Waals surface area contributed by atoms with Gasteiger partial charge in [0.15, 0.2) is 0 Å². The summed E-state index contributed by atoms with van der Waals surface area (Å²) in [5.41, 5.74) is 2.82. The molecule has 0 spiro atoms. The summed E-state index contributed by atoms with van der Waals surface area (Å²) in [5.74, 6) is 0.469. The summed E-state index contributed by atoms with van der Waals surface area (Å²) in [4.78, 5) is 17.3. The van der Waals surface area contributed by atoms with E-state index in [0.717, 1.165) is 16.7 Å². The highest BCUT2D eigenvalue weighted by Crippen LogP contribution is 2.20. The largest absolute Gasteiger partial charge is 0.489 e. The minimum Gasteiger partial charge on any atom is -0.489 e. The molecule has 1 heterocycles. The molecule has 0 radical (unpaired) electrons. The van der Waals surface area contributed by atoms with Crippen LogP contribution in [0.2, 0.25) is 0 Å². The van der Waals surface area contributed by atoms with E-state index in [0.29, 0.717) is 18.8 Å². The van der Waals surface area contributed by atoms with Gasteiger partial charge in [-0.3, -0.25) is 9.78 Å². The normalized spacial score (nSPS) is 13.3. The summed E-state index contributed by atoms with van der Waals surface area (Å²) in [6, 6.07) is 16.6. The third kappa shape index (κ3) is 7.90. The Labute approximate surface area is 208 Å². The zero-order valence-corrected chi connectivity index (χ0v) is 21.4. The zero-order chi connectivity index (χ0) is 25.4. The molecular weight excluding hydrogens is 462 g/mol. The lowest BCUT2D eigenvalue weighted by molar-refractivity contribution is -0.123. The Balaban J connectivity index is 1.63. The molecule has 1 amide bonds. The van der Waals surface area contributed by atoms with Crippen molar-refractivity contribution in [2.24, 2.45) is 5.92 Å². The van der Waals surface area contributed by atoms with Crippen LogP contribution in [0.1, 0.15) is 49.9 Å². The molecule has 2 atom stereocenters. The summed E-state index contributed by atoms with van der Waals surface area (Å²) in [7, 11) is -3.83. The SMILES string of the molecule is Cc1ccc(S(=O)(=O)NC(CC(C)C)C(=O)NC(C)c2ccc(OCc3cccnc3)cc2)cc1. The van der Waals surface area contributed by atoms with Crippen molar-refractivity contribution in [3.63, 3.8) is 0 Å². The van der Waals surface area contributed by atoms with Crippen LogP contribution < -0.4 is 14.8 Å². The minimum atomic E-state index is -3.83. The number of carbonyl (C=O) groups excluding carboxylic acids is 1. The lowest BCUT2D eigenvalue weighted by Gasteiger charge is -2.23. The zero-order valence-electron chi connectivity index (χ0n) is 20.6. The molecule has 0 aliphatic heterocycles. The molecule has 0 fully saturated rings. The maximum atomic E-state index is 13.1. The topological polar surface area (TPSA) is 97.4 Å². The summed E-state index contributed by atoms with van der Waals surface area (Å²) in [6.07, 6.45) is 3.85. The third-order valence-electron chi connectivity index (χ3n) is 5.52. The highest BCUT2D eigenvalue weighted by atomic mass is 32.2. The van der Waals surface area contributed by atoms with E-state index < -0.39 is 16.1 Å². The predicted molar refractivity (Wildman–Crippen MR) is 136 cm³/mol. The number of nitrogens with zero attached hydrogens (tertiary/aromatic N) is 1. The van der Waals surface area contributed by atoms with Crippen molar-refractivity contribution in [3.8, 4) is 5.75 Å². The van der Waals surface area contributed by atoms with E-state index >= 15 is 0 Å². The van der Waals surface area contributed by atoms with E-state index in [4.69, 9.17) is 4.74 Å². The molecule has 2 aromatic carbocycles. The van der Waals surface area contributed by atoms with Gasteiger partial charge in [0.2, 0.25) is 15.9 Å². The molecule has 2 unspecified atom stereocenters. The quantitative estimate of drug-likeness (QED) is 0.407.